The van der Waals surface area contributed by atoms with Crippen molar-refractivity contribution < 1.29 is 0 Å². The van der Waals surface area contributed by atoms with Gasteiger partial charge in [-0.25, -0.2) is 15.0 Å². The van der Waals surface area contributed by atoms with E-state index in [0.717, 1.165) is 87.0 Å². The number of hydrogen-bond acceptors (Lipinski definition) is 7. The molecule has 5 rings (SSSR count). The second-order valence-corrected chi connectivity index (χ2v) is 11.9. The third-order valence-electron chi connectivity index (χ3n) is 8.54. The van der Waals surface area contributed by atoms with Gasteiger partial charge in [0.2, 0.25) is 5.95 Å². The molecule has 0 aliphatic heterocycles. The van der Waals surface area contributed by atoms with E-state index in [2.05, 4.69) is 116 Å². The molecule has 2 heterocycles. The molecule has 2 unspecified atom stereocenters. The predicted octanol–water partition coefficient (Wildman–Crippen LogP) is 8.52. The van der Waals surface area contributed by atoms with Crippen LogP contribution in [0.25, 0.3) is 0 Å². The van der Waals surface area contributed by atoms with Crippen molar-refractivity contribution in [2.24, 2.45) is 0 Å². The van der Waals surface area contributed by atoms with E-state index in [-0.39, 0.29) is 23.7 Å². The summed E-state index contributed by atoms with van der Waals surface area (Å²) >= 11 is 0. The number of aryl methyl sites for hydroxylation is 1. The van der Waals surface area contributed by atoms with Crippen molar-refractivity contribution in [3.8, 4) is 0 Å². The molecule has 2 aromatic heterocycles. The standard InChI is InChI=1S/C37H49N7/c1-5-9-20-30-41-28(24-31(43-30)38-21-6-2)35-33(26-16-12-10-13-17-26)36(34(35)27-18-14-11-15-19-27)29-25-32(39-22-7-3)44-37(42-29)40-23-8-4/h10-19,24-25,33-36H,5-9,20-23H2,1-4H3,(H,38,41,43)(H2,39,40,42,44)/t33-,34+,35?,36?. The van der Waals surface area contributed by atoms with Crippen molar-refractivity contribution in [2.75, 3.05) is 35.6 Å². The summed E-state index contributed by atoms with van der Waals surface area (Å²) in [7, 11) is 0. The second-order valence-electron chi connectivity index (χ2n) is 11.9. The molecule has 7 nitrogen and oxygen atoms in total. The highest BCUT2D eigenvalue weighted by molar-refractivity contribution is 5.51. The first-order valence-electron chi connectivity index (χ1n) is 16.7. The van der Waals surface area contributed by atoms with Crippen LogP contribution in [0.2, 0.25) is 0 Å². The smallest absolute Gasteiger partial charge is 0.224 e. The van der Waals surface area contributed by atoms with Gasteiger partial charge in [0.1, 0.15) is 17.5 Å². The van der Waals surface area contributed by atoms with Gasteiger partial charge < -0.3 is 16.0 Å². The van der Waals surface area contributed by atoms with Crippen molar-refractivity contribution in [1.82, 2.24) is 19.9 Å². The van der Waals surface area contributed by atoms with Gasteiger partial charge in [-0.05, 0) is 36.8 Å². The minimum Gasteiger partial charge on any atom is -0.370 e. The molecule has 1 aliphatic carbocycles. The molecule has 7 heteroatoms. The van der Waals surface area contributed by atoms with Crippen molar-refractivity contribution >= 4 is 17.6 Å². The zero-order valence-electron chi connectivity index (χ0n) is 26.9. The first-order chi connectivity index (χ1) is 21.7. The molecule has 4 atom stereocenters. The van der Waals surface area contributed by atoms with E-state index in [1.165, 1.54) is 11.1 Å². The molecular weight excluding hydrogens is 542 g/mol. The van der Waals surface area contributed by atoms with E-state index in [1.807, 2.05) is 0 Å². The third kappa shape index (κ3) is 7.37. The first kappa shape index (κ1) is 31.4. The fourth-order valence-electron chi connectivity index (χ4n) is 6.44. The van der Waals surface area contributed by atoms with Crippen LogP contribution < -0.4 is 16.0 Å². The topological polar surface area (TPSA) is 87.7 Å². The van der Waals surface area contributed by atoms with E-state index in [4.69, 9.17) is 19.9 Å². The van der Waals surface area contributed by atoms with Crippen LogP contribution in [0, 0.1) is 0 Å². The highest BCUT2D eigenvalue weighted by Crippen LogP contribution is 2.66. The average Bonchev–Trinajstić information content (AvgIpc) is 3.05. The summed E-state index contributed by atoms with van der Waals surface area (Å²) in [5, 5.41) is 10.6. The van der Waals surface area contributed by atoms with E-state index in [0.29, 0.717) is 5.95 Å². The maximum absolute atomic E-state index is 5.29. The van der Waals surface area contributed by atoms with Crippen LogP contribution in [0.15, 0.2) is 72.8 Å². The van der Waals surface area contributed by atoms with Crippen LogP contribution in [0.4, 0.5) is 17.6 Å². The third-order valence-corrected chi connectivity index (χ3v) is 8.54. The second kappa shape index (κ2) is 15.6. The van der Waals surface area contributed by atoms with Crippen molar-refractivity contribution in [3.05, 3.63) is 101 Å². The lowest BCUT2D eigenvalue weighted by atomic mass is 9.50. The van der Waals surface area contributed by atoms with Gasteiger partial charge in [0.25, 0.3) is 0 Å². The Hall–Kier alpha value is -4.00. The van der Waals surface area contributed by atoms with Gasteiger partial charge in [-0.15, -0.1) is 0 Å². The molecule has 2 aromatic carbocycles. The lowest BCUT2D eigenvalue weighted by molar-refractivity contribution is 0.219. The molecule has 4 aromatic rings. The number of nitrogens with zero attached hydrogens (tertiary/aromatic N) is 4. The average molecular weight is 592 g/mol. The summed E-state index contributed by atoms with van der Waals surface area (Å²) in [5.74, 6) is 4.16. The maximum atomic E-state index is 5.29. The van der Waals surface area contributed by atoms with Crippen LogP contribution in [0.1, 0.15) is 112 Å². The molecule has 0 spiro atoms. The summed E-state index contributed by atoms with van der Waals surface area (Å²) in [4.78, 5) is 20.3. The number of rotatable bonds is 16. The Labute approximate surface area is 263 Å². The van der Waals surface area contributed by atoms with E-state index >= 15 is 0 Å². The number of unbranched alkanes of at least 4 members (excludes halogenated alkanes) is 1. The Morgan fingerprint density at radius 2 is 1.02 bits per heavy atom. The van der Waals surface area contributed by atoms with Crippen LogP contribution in [-0.4, -0.2) is 39.6 Å². The molecule has 3 N–H and O–H groups in total. The zero-order valence-corrected chi connectivity index (χ0v) is 26.9. The van der Waals surface area contributed by atoms with Crippen molar-refractivity contribution in [1.29, 1.82) is 0 Å². The minimum absolute atomic E-state index is 0.151. The fraction of sp³-hybridized carbons (Fsp3) is 0.459. The molecule has 1 fully saturated rings. The van der Waals surface area contributed by atoms with Crippen LogP contribution in [0.5, 0.6) is 0 Å². The van der Waals surface area contributed by atoms with Crippen LogP contribution >= 0.6 is 0 Å². The number of hydrogen-bond donors (Lipinski definition) is 3. The highest BCUT2D eigenvalue weighted by Gasteiger charge is 2.54. The number of nitrogens with one attached hydrogen (secondary N) is 3. The summed E-state index contributed by atoms with van der Waals surface area (Å²) in [6.45, 7) is 11.4. The lowest BCUT2D eigenvalue weighted by Gasteiger charge is -2.52. The molecule has 0 saturated heterocycles. The van der Waals surface area contributed by atoms with Gasteiger partial charge >= 0.3 is 0 Å². The van der Waals surface area contributed by atoms with Crippen molar-refractivity contribution in [2.45, 2.75) is 89.9 Å². The van der Waals surface area contributed by atoms with Gasteiger partial charge in [0, 0.05) is 61.9 Å². The molecule has 1 saturated carbocycles. The molecule has 1 aliphatic rings. The molecule has 44 heavy (non-hydrogen) atoms. The van der Waals surface area contributed by atoms with Gasteiger partial charge in [0.15, 0.2) is 0 Å². The van der Waals surface area contributed by atoms with Crippen LogP contribution in [0.3, 0.4) is 0 Å². The maximum Gasteiger partial charge on any atom is 0.224 e. The van der Waals surface area contributed by atoms with Crippen LogP contribution in [-0.2, 0) is 6.42 Å². The van der Waals surface area contributed by atoms with Crippen molar-refractivity contribution in [3.63, 3.8) is 0 Å². The Morgan fingerprint density at radius 1 is 0.523 bits per heavy atom. The Kier molecular flexibility index (Phi) is 11.2. The normalized spacial score (nSPS) is 19.3. The lowest BCUT2D eigenvalue weighted by Crippen LogP contribution is -2.41. The Bertz CT molecular complexity index is 1270. The zero-order chi connectivity index (χ0) is 30.7. The van der Waals surface area contributed by atoms with E-state index in [1.54, 1.807) is 0 Å². The quantitative estimate of drug-likeness (QED) is 0.120. The molecule has 0 amide bonds. The summed E-state index contributed by atoms with van der Waals surface area (Å²) in [6.07, 6.45) is 6.18. The van der Waals surface area contributed by atoms with E-state index in [9.17, 15) is 0 Å². The largest absolute Gasteiger partial charge is 0.370 e. The van der Waals surface area contributed by atoms with Gasteiger partial charge in [-0.2, -0.15) is 4.98 Å². The molecule has 232 valence electrons. The van der Waals surface area contributed by atoms with E-state index < -0.39 is 0 Å². The molecule has 0 bridgehead atoms. The Balaban J connectivity index is 1.67. The number of benzene rings is 2. The molecular formula is C37H49N7. The predicted molar refractivity (Wildman–Crippen MR) is 183 cm³/mol. The minimum atomic E-state index is 0.151. The SMILES string of the molecule is CCCCc1nc(NCCC)cc(C2[C@@H](c3ccccc3)C(c3cc(NCCC)nc(NCCC)n3)[C@H]2c2ccccc2)n1. The monoisotopic (exact) mass is 591 g/mol. The van der Waals surface area contributed by atoms with Gasteiger partial charge in [-0.1, -0.05) is 94.8 Å². The van der Waals surface area contributed by atoms with Gasteiger partial charge in [-0.3, -0.25) is 0 Å². The first-order valence-corrected chi connectivity index (χ1v) is 16.7. The summed E-state index contributed by atoms with van der Waals surface area (Å²) < 4.78 is 0. The van der Waals surface area contributed by atoms with Gasteiger partial charge in [0.05, 0.1) is 11.4 Å². The summed E-state index contributed by atoms with van der Waals surface area (Å²) in [5.41, 5.74) is 4.82. The fourth-order valence-corrected chi connectivity index (χ4v) is 6.44. The Morgan fingerprint density at radius 3 is 1.55 bits per heavy atom. The number of aromatic nitrogens is 4. The summed E-state index contributed by atoms with van der Waals surface area (Å²) in [6, 6.07) is 26.3. The molecule has 0 radical (unpaired) electrons. The highest BCUT2D eigenvalue weighted by atomic mass is 15.1. The number of anilines is 3.